The maximum Gasteiger partial charge on any atom is 0.137 e. The molecule has 0 aliphatic heterocycles. The Hall–Kier alpha value is -0.300. The number of hydrogen-bond acceptors (Lipinski definition) is 2. The average molecular weight is 411 g/mol. The molecule has 0 saturated heterocycles. The van der Waals surface area contributed by atoms with E-state index in [1.165, 1.54) is 17.4 Å². The summed E-state index contributed by atoms with van der Waals surface area (Å²) in [5, 5.41) is 5.11. The molecule has 2 aromatic rings. The van der Waals surface area contributed by atoms with E-state index in [9.17, 15) is 8.78 Å². The van der Waals surface area contributed by atoms with Crippen LogP contribution in [-0.4, -0.2) is 6.54 Å². The minimum absolute atomic E-state index is 0.135. The van der Waals surface area contributed by atoms with Gasteiger partial charge in [0.05, 0.1) is 14.3 Å². The van der Waals surface area contributed by atoms with Crippen LogP contribution in [0.5, 0.6) is 0 Å². The third-order valence-corrected chi connectivity index (χ3v) is 4.81. The number of hydrogen-bond donors (Lipinski definition) is 1. The van der Waals surface area contributed by atoms with Gasteiger partial charge in [-0.05, 0) is 67.5 Å². The predicted octanol–water partition coefficient (Wildman–Crippen LogP) is 5.25. The molecule has 1 unspecified atom stereocenters. The Bertz CT molecular complexity index is 586. The molecule has 1 heterocycles. The van der Waals surface area contributed by atoms with Crippen molar-refractivity contribution in [1.82, 2.24) is 5.32 Å². The molecule has 0 amide bonds. The zero-order valence-electron chi connectivity index (χ0n) is 10.0. The van der Waals surface area contributed by atoms with Gasteiger partial charge in [-0.15, -0.1) is 11.3 Å². The van der Waals surface area contributed by atoms with Crippen molar-refractivity contribution in [1.29, 1.82) is 0 Å². The van der Waals surface area contributed by atoms with E-state index >= 15 is 0 Å². The van der Waals surface area contributed by atoms with Crippen molar-refractivity contribution >= 4 is 43.2 Å². The van der Waals surface area contributed by atoms with Crippen LogP contribution in [0.4, 0.5) is 8.78 Å². The lowest BCUT2D eigenvalue weighted by Gasteiger charge is -2.18. The highest BCUT2D eigenvalue weighted by molar-refractivity contribution is 9.11. The molecular formula is C13H11Br2F2NS. The molecule has 0 spiro atoms. The fourth-order valence-corrected chi connectivity index (χ4v) is 3.36. The van der Waals surface area contributed by atoms with Crippen molar-refractivity contribution in [3.8, 4) is 0 Å². The van der Waals surface area contributed by atoms with Crippen LogP contribution in [0.2, 0.25) is 0 Å². The molecule has 0 saturated carbocycles. The van der Waals surface area contributed by atoms with E-state index in [4.69, 9.17) is 0 Å². The summed E-state index contributed by atoms with van der Waals surface area (Å²) >= 11 is 7.89. The molecule has 1 nitrogen and oxygen atoms in total. The Morgan fingerprint density at radius 3 is 2.53 bits per heavy atom. The largest absolute Gasteiger partial charge is 0.306 e. The van der Waals surface area contributed by atoms with E-state index in [0.29, 0.717) is 12.1 Å². The second kappa shape index (κ2) is 6.43. The van der Waals surface area contributed by atoms with Gasteiger partial charge in [-0.3, -0.25) is 0 Å². The maximum atomic E-state index is 14.1. The van der Waals surface area contributed by atoms with Gasteiger partial charge in [0.1, 0.15) is 11.6 Å². The monoisotopic (exact) mass is 409 g/mol. The molecule has 0 aliphatic carbocycles. The van der Waals surface area contributed by atoms with Gasteiger partial charge in [0.2, 0.25) is 0 Å². The first-order valence-corrected chi connectivity index (χ1v) is 8.11. The van der Waals surface area contributed by atoms with Gasteiger partial charge in [0.25, 0.3) is 0 Å². The van der Waals surface area contributed by atoms with Gasteiger partial charge < -0.3 is 5.32 Å². The SMILES string of the molecule is CCNC(c1csc(Br)c1)c1cc(F)c(Br)cc1F. The van der Waals surface area contributed by atoms with Crippen LogP contribution in [0.25, 0.3) is 0 Å². The first-order valence-electron chi connectivity index (χ1n) is 5.64. The van der Waals surface area contributed by atoms with Crippen LogP contribution in [0.1, 0.15) is 24.1 Å². The topological polar surface area (TPSA) is 12.0 Å². The van der Waals surface area contributed by atoms with E-state index < -0.39 is 11.6 Å². The van der Waals surface area contributed by atoms with Gasteiger partial charge in [-0.1, -0.05) is 6.92 Å². The van der Waals surface area contributed by atoms with Gasteiger partial charge in [-0.25, -0.2) is 8.78 Å². The zero-order valence-corrected chi connectivity index (χ0v) is 14.0. The smallest absolute Gasteiger partial charge is 0.137 e. The number of nitrogens with one attached hydrogen (secondary N) is 1. The van der Waals surface area contributed by atoms with Crippen LogP contribution in [0, 0.1) is 11.6 Å². The lowest BCUT2D eigenvalue weighted by atomic mass is 10.0. The van der Waals surface area contributed by atoms with Crippen molar-refractivity contribution in [2.24, 2.45) is 0 Å². The second-order valence-electron chi connectivity index (χ2n) is 3.96. The maximum absolute atomic E-state index is 14.1. The molecule has 0 radical (unpaired) electrons. The van der Waals surface area contributed by atoms with Gasteiger partial charge in [-0.2, -0.15) is 0 Å². The molecule has 0 aliphatic rings. The summed E-state index contributed by atoms with van der Waals surface area (Å²) in [6, 6.07) is 3.96. The molecule has 6 heteroatoms. The Morgan fingerprint density at radius 1 is 1.21 bits per heavy atom. The van der Waals surface area contributed by atoms with E-state index in [-0.39, 0.29) is 10.5 Å². The molecule has 102 valence electrons. The summed E-state index contributed by atoms with van der Waals surface area (Å²) in [5.41, 5.74) is 1.23. The quantitative estimate of drug-likeness (QED) is 0.678. The summed E-state index contributed by atoms with van der Waals surface area (Å²) in [7, 11) is 0. The van der Waals surface area contributed by atoms with Crippen LogP contribution in [0.15, 0.2) is 31.8 Å². The summed E-state index contributed by atoms with van der Waals surface area (Å²) < 4.78 is 28.8. The second-order valence-corrected chi connectivity index (χ2v) is 7.11. The van der Waals surface area contributed by atoms with Crippen LogP contribution < -0.4 is 5.32 Å². The molecule has 1 aromatic carbocycles. The minimum atomic E-state index is -0.464. The van der Waals surface area contributed by atoms with E-state index in [1.807, 2.05) is 18.4 Å². The number of benzene rings is 1. The molecule has 1 aromatic heterocycles. The van der Waals surface area contributed by atoms with Crippen molar-refractivity contribution in [3.63, 3.8) is 0 Å². The number of halogens is 4. The van der Waals surface area contributed by atoms with E-state index in [2.05, 4.69) is 37.2 Å². The summed E-state index contributed by atoms with van der Waals surface area (Å²) in [5.74, 6) is -0.893. The van der Waals surface area contributed by atoms with Crippen LogP contribution in [-0.2, 0) is 0 Å². The average Bonchev–Trinajstić information content (AvgIpc) is 2.78. The first-order chi connectivity index (χ1) is 9.02. The first kappa shape index (κ1) is 15.1. The lowest BCUT2D eigenvalue weighted by Crippen LogP contribution is -2.22. The minimum Gasteiger partial charge on any atom is -0.306 e. The highest BCUT2D eigenvalue weighted by Crippen LogP contribution is 2.32. The Labute approximate surface area is 131 Å². The fraction of sp³-hybridized carbons (Fsp3) is 0.231. The Balaban J connectivity index is 2.47. The van der Waals surface area contributed by atoms with Crippen molar-refractivity contribution in [2.45, 2.75) is 13.0 Å². The predicted molar refractivity (Wildman–Crippen MR) is 81.6 cm³/mol. The van der Waals surface area contributed by atoms with Crippen molar-refractivity contribution in [2.75, 3.05) is 6.54 Å². The highest BCUT2D eigenvalue weighted by atomic mass is 79.9. The van der Waals surface area contributed by atoms with Crippen LogP contribution >= 0.6 is 43.2 Å². The zero-order chi connectivity index (χ0) is 14.0. The number of thiophene rings is 1. The molecule has 2 rings (SSSR count). The molecule has 0 bridgehead atoms. The Morgan fingerprint density at radius 2 is 1.95 bits per heavy atom. The van der Waals surface area contributed by atoms with Crippen LogP contribution in [0.3, 0.4) is 0 Å². The molecular weight excluding hydrogens is 400 g/mol. The van der Waals surface area contributed by atoms with E-state index in [1.54, 1.807) is 0 Å². The standard InChI is InChI=1S/C13H11Br2F2NS/c1-2-18-13(7-3-12(15)19-6-7)8-4-11(17)9(14)5-10(8)16/h3-6,13,18H,2H2,1H3. The summed E-state index contributed by atoms with van der Waals surface area (Å²) in [6.45, 7) is 2.59. The highest BCUT2D eigenvalue weighted by Gasteiger charge is 2.20. The third kappa shape index (κ3) is 3.42. The van der Waals surface area contributed by atoms with Gasteiger partial charge in [0.15, 0.2) is 0 Å². The third-order valence-electron chi connectivity index (χ3n) is 2.68. The van der Waals surface area contributed by atoms with E-state index in [0.717, 1.165) is 15.4 Å². The molecule has 1 atom stereocenters. The normalized spacial score (nSPS) is 12.7. The fourth-order valence-electron chi connectivity index (χ4n) is 1.85. The summed E-state index contributed by atoms with van der Waals surface area (Å²) in [6.07, 6.45) is 0. The number of rotatable bonds is 4. The molecule has 19 heavy (non-hydrogen) atoms. The molecule has 0 fully saturated rings. The molecule has 1 N–H and O–H groups in total. The van der Waals surface area contributed by atoms with Gasteiger partial charge >= 0.3 is 0 Å². The Kier molecular flexibility index (Phi) is 5.11. The van der Waals surface area contributed by atoms with Crippen molar-refractivity contribution in [3.05, 3.63) is 54.6 Å². The summed E-state index contributed by atoms with van der Waals surface area (Å²) in [4.78, 5) is 0. The van der Waals surface area contributed by atoms with Gasteiger partial charge in [0, 0.05) is 5.56 Å². The van der Waals surface area contributed by atoms with Crippen molar-refractivity contribution < 1.29 is 8.78 Å². The lowest BCUT2D eigenvalue weighted by molar-refractivity contribution is 0.542.